The van der Waals surface area contributed by atoms with Crippen molar-refractivity contribution >= 4 is 18.6 Å². The van der Waals surface area contributed by atoms with Gasteiger partial charge in [-0.25, -0.2) is 13.6 Å². The van der Waals surface area contributed by atoms with Crippen LogP contribution in [-0.4, -0.2) is 16.8 Å². The first-order valence-corrected chi connectivity index (χ1v) is 5.01. The fraction of sp³-hybridized carbons (Fsp3) is 0.182. The maximum Gasteiger partial charge on any atom is 0.338 e. The normalized spacial score (nSPS) is 9.44. The van der Waals surface area contributed by atoms with Crippen LogP contribution in [0.1, 0.15) is 22.3 Å². The number of carbonyl (C=O) groups is 1. The summed E-state index contributed by atoms with van der Waals surface area (Å²) in [5, 5.41) is 8.54. The van der Waals surface area contributed by atoms with Crippen molar-refractivity contribution in [3.05, 3.63) is 34.9 Å². The summed E-state index contributed by atoms with van der Waals surface area (Å²) in [7, 11) is 0. The Labute approximate surface area is 96.7 Å². The fourth-order valence-corrected chi connectivity index (χ4v) is 1.13. The molecule has 2 nitrogen and oxygen atoms in total. The van der Waals surface area contributed by atoms with Gasteiger partial charge in [-0.3, -0.25) is 0 Å². The molecule has 1 N–H and O–H groups in total. The molecular formula is C11H8F2O2S. The summed E-state index contributed by atoms with van der Waals surface area (Å²) in [6.45, 7) is 0. The van der Waals surface area contributed by atoms with Crippen LogP contribution < -0.4 is 0 Å². The van der Waals surface area contributed by atoms with E-state index in [1.165, 1.54) is 0 Å². The minimum atomic E-state index is -1.51. The lowest BCUT2D eigenvalue weighted by molar-refractivity contribution is 0.0691. The molecule has 0 aromatic heterocycles. The fourth-order valence-electron chi connectivity index (χ4n) is 1.02. The second-order valence-electron chi connectivity index (χ2n) is 2.89. The number of halogens is 2. The van der Waals surface area contributed by atoms with Crippen molar-refractivity contribution in [3.63, 3.8) is 0 Å². The third-order valence-electron chi connectivity index (χ3n) is 1.75. The zero-order valence-corrected chi connectivity index (χ0v) is 9.02. The van der Waals surface area contributed by atoms with Gasteiger partial charge in [0.05, 0.1) is 11.1 Å². The van der Waals surface area contributed by atoms with E-state index < -0.39 is 23.2 Å². The van der Waals surface area contributed by atoms with Crippen LogP contribution in [0.4, 0.5) is 8.78 Å². The number of benzene rings is 1. The van der Waals surface area contributed by atoms with Crippen LogP contribution in [0.25, 0.3) is 0 Å². The minimum absolute atomic E-state index is 0.149. The predicted molar refractivity (Wildman–Crippen MR) is 58.7 cm³/mol. The van der Waals surface area contributed by atoms with Gasteiger partial charge in [-0.2, -0.15) is 12.6 Å². The molecule has 1 aromatic carbocycles. The second kappa shape index (κ2) is 5.52. The third-order valence-corrected chi connectivity index (χ3v) is 1.97. The van der Waals surface area contributed by atoms with Crippen LogP contribution in [0.15, 0.2) is 12.1 Å². The average Bonchev–Trinajstić information content (AvgIpc) is 2.22. The zero-order chi connectivity index (χ0) is 12.1. The van der Waals surface area contributed by atoms with Gasteiger partial charge >= 0.3 is 5.97 Å². The van der Waals surface area contributed by atoms with Crippen molar-refractivity contribution in [2.24, 2.45) is 0 Å². The predicted octanol–water partition coefficient (Wildman–Crippen LogP) is 2.33. The number of thiol groups is 1. The molecule has 0 aliphatic heterocycles. The van der Waals surface area contributed by atoms with Gasteiger partial charge < -0.3 is 5.11 Å². The zero-order valence-electron chi connectivity index (χ0n) is 8.13. The van der Waals surface area contributed by atoms with Gasteiger partial charge in [0.2, 0.25) is 0 Å². The third kappa shape index (κ3) is 2.97. The van der Waals surface area contributed by atoms with Crippen LogP contribution in [-0.2, 0) is 0 Å². The van der Waals surface area contributed by atoms with Gasteiger partial charge in [0.15, 0.2) is 0 Å². The molecule has 0 aliphatic carbocycles. The number of hydrogen-bond acceptors (Lipinski definition) is 2. The van der Waals surface area contributed by atoms with Gasteiger partial charge in [-0.05, 0) is 12.1 Å². The molecule has 1 rings (SSSR count). The average molecular weight is 242 g/mol. The molecule has 0 heterocycles. The van der Waals surface area contributed by atoms with Gasteiger partial charge in [0.1, 0.15) is 11.6 Å². The Morgan fingerprint density at radius 3 is 2.62 bits per heavy atom. The van der Waals surface area contributed by atoms with Crippen molar-refractivity contribution in [1.29, 1.82) is 0 Å². The van der Waals surface area contributed by atoms with Crippen molar-refractivity contribution < 1.29 is 18.7 Å². The maximum absolute atomic E-state index is 13.3. The summed E-state index contributed by atoms with van der Waals surface area (Å²) in [5.74, 6) is 2.17. The van der Waals surface area contributed by atoms with E-state index in [1.807, 2.05) is 0 Å². The Bertz CT molecular complexity index is 475. The molecule has 0 fully saturated rings. The highest BCUT2D eigenvalue weighted by atomic mass is 32.1. The van der Waals surface area contributed by atoms with Crippen LogP contribution >= 0.6 is 12.6 Å². The Morgan fingerprint density at radius 2 is 2.06 bits per heavy atom. The van der Waals surface area contributed by atoms with E-state index in [0.717, 1.165) is 6.07 Å². The first-order chi connectivity index (χ1) is 7.56. The summed E-state index contributed by atoms with van der Waals surface area (Å²) < 4.78 is 26.4. The number of rotatable bonds is 2. The molecule has 1 aromatic rings. The molecule has 84 valence electrons. The van der Waals surface area contributed by atoms with Gasteiger partial charge in [-0.1, -0.05) is 11.8 Å². The van der Waals surface area contributed by atoms with Crippen LogP contribution in [0, 0.1) is 23.5 Å². The lowest BCUT2D eigenvalue weighted by Crippen LogP contribution is -2.02. The molecule has 0 spiro atoms. The van der Waals surface area contributed by atoms with E-state index in [4.69, 9.17) is 5.11 Å². The number of hydrogen-bond donors (Lipinski definition) is 2. The standard InChI is InChI=1S/C11H8F2O2S/c12-9-6-8(11(14)15)10(13)5-7(9)3-1-2-4-16/h5-6,16H,2,4H2,(H,14,15). The number of carboxylic acids is 1. The van der Waals surface area contributed by atoms with Crippen molar-refractivity contribution in [3.8, 4) is 11.8 Å². The highest BCUT2D eigenvalue weighted by Gasteiger charge is 2.13. The Kier molecular flexibility index (Phi) is 4.32. The van der Waals surface area contributed by atoms with E-state index in [2.05, 4.69) is 24.5 Å². The lowest BCUT2D eigenvalue weighted by atomic mass is 10.1. The van der Waals surface area contributed by atoms with Gasteiger partial charge in [-0.15, -0.1) is 0 Å². The molecule has 0 bridgehead atoms. The topological polar surface area (TPSA) is 37.3 Å². The van der Waals surface area contributed by atoms with Crippen molar-refractivity contribution in [2.75, 3.05) is 5.75 Å². The molecule has 16 heavy (non-hydrogen) atoms. The Hall–Kier alpha value is -1.54. The summed E-state index contributed by atoms with van der Waals surface area (Å²) in [6.07, 6.45) is 0.449. The first kappa shape index (κ1) is 12.5. The molecule has 0 saturated carbocycles. The van der Waals surface area contributed by atoms with Crippen molar-refractivity contribution in [1.82, 2.24) is 0 Å². The maximum atomic E-state index is 13.3. The number of carboxylic acid groups (broad SMARTS) is 1. The van der Waals surface area contributed by atoms with Crippen molar-refractivity contribution in [2.45, 2.75) is 6.42 Å². The summed E-state index contributed by atoms with van der Waals surface area (Å²) in [4.78, 5) is 10.5. The van der Waals surface area contributed by atoms with E-state index in [9.17, 15) is 13.6 Å². The van der Waals surface area contributed by atoms with E-state index in [1.54, 1.807) is 0 Å². The second-order valence-corrected chi connectivity index (χ2v) is 3.34. The summed E-state index contributed by atoms with van der Waals surface area (Å²) in [6, 6.07) is 1.41. The molecule has 5 heteroatoms. The van der Waals surface area contributed by atoms with E-state index in [-0.39, 0.29) is 5.56 Å². The molecule has 0 atom stereocenters. The van der Waals surface area contributed by atoms with E-state index in [0.29, 0.717) is 18.2 Å². The Morgan fingerprint density at radius 1 is 1.38 bits per heavy atom. The van der Waals surface area contributed by atoms with Gasteiger partial charge in [0.25, 0.3) is 0 Å². The first-order valence-electron chi connectivity index (χ1n) is 4.38. The molecular weight excluding hydrogens is 234 g/mol. The van der Waals surface area contributed by atoms with Crippen LogP contribution in [0.2, 0.25) is 0 Å². The summed E-state index contributed by atoms with van der Waals surface area (Å²) >= 11 is 3.91. The molecule has 0 radical (unpaired) electrons. The largest absolute Gasteiger partial charge is 0.478 e. The summed E-state index contributed by atoms with van der Waals surface area (Å²) in [5.41, 5.74) is -0.846. The molecule has 0 aliphatic rings. The van der Waals surface area contributed by atoms with Crippen LogP contribution in [0.5, 0.6) is 0 Å². The highest BCUT2D eigenvalue weighted by Crippen LogP contribution is 2.14. The minimum Gasteiger partial charge on any atom is -0.478 e. The monoisotopic (exact) mass is 242 g/mol. The molecule has 0 saturated heterocycles. The van der Waals surface area contributed by atoms with E-state index >= 15 is 0 Å². The number of aromatic carboxylic acids is 1. The van der Waals surface area contributed by atoms with Crippen LogP contribution in [0.3, 0.4) is 0 Å². The lowest BCUT2D eigenvalue weighted by Gasteiger charge is -1.99. The Balaban J connectivity index is 3.12. The smallest absolute Gasteiger partial charge is 0.338 e. The van der Waals surface area contributed by atoms with Gasteiger partial charge in [0, 0.05) is 12.2 Å². The molecule has 0 amide bonds. The quantitative estimate of drug-likeness (QED) is 0.617. The highest BCUT2D eigenvalue weighted by molar-refractivity contribution is 7.80. The molecule has 0 unspecified atom stereocenters. The SMILES string of the molecule is O=C(O)c1cc(F)c(C#CCCS)cc1F.